The molecule has 6 rings (SSSR count). The first-order valence-electron chi connectivity index (χ1n) is 21.1. The first-order chi connectivity index (χ1) is 27.4. The predicted molar refractivity (Wildman–Crippen MR) is 223 cm³/mol. The van der Waals surface area contributed by atoms with Crippen molar-refractivity contribution < 1.29 is 57.8 Å². The van der Waals surface area contributed by atoms with E-state index in [9.17, 15) is 29.4 Å². The molecule has 0 radical (unpaired) electrons. The summed E-state index contributed by atoms with van der Waals surface area (Å²) in [5.74, 6) is -3.53. The number of carbonyl (C=O) groups excluding carboxylic acids is 4. The lowest BCUT2D eigenvalue weighted by Gasteiger charge is -2.68. The van der Waals surface area contributed by atoms with Gasteiger partial charge in [0.05, 0.1) is 34.8 Å². The highest BCUT2D eigenvalue weighted by Gasteiger charge is 2.79. The van der Waals surface area contributed by atoms with Crippen LogP contribution in [0.25, 0.3) is 0 Å². The van der Waals surface area contributed by atoms with Gasteiger partial charge in [0.2, 0.25) is 0 Å². The number of rotatable bonds is 11. The van der Waals surface area contributed by atoms with Gasteiger partial charge in [-0.2, -0.15) is 0 Å². The van der Waals surface area contributed by atoms with Crippen LogP contribution in [0.2, 0.25) is 0 Å². The number of ether oxygens (including phenoxy) is 6. The van der Waals surface area contributed by atoms with Gasteiger partial charge in [0.25, 0.3) is 0 Å². The van der Waals surface area contributed by atoms with Crippen LogP contribution in [0, 0.1) is 34.5 Å². The maximum atomic E-state index is 14.5. The van der Waals surface area contributed by atoms with Crippen molar-refractivity contribution in [1.29, 1.82) is 0 Å². The highest BCUT2D eigenvalue weighted by Crippen LogP contribution is 2.72. The van der Waals surface area contributed by atoms with Gasteiger partial charge in [-0.15, -0.1) is 0 Å². The molecule has 1 amide bonds. The summed E-state index contributed by atoms with van der Waals surface area (Å²) in [6, 6.07) is 7.55. The Balaban J connectivity index is 0.00000683. The van der Waals surface area contributed by atoms with Crippen molar-refractivity contribution in [3.63, 3.8) is 0 Å². The molecule has 0 unspecified atom stereocenters. The molecule has 13 atom stereocenters. The smallest absolute Gasteiger partial charge is 0.407 e. The Morgan fingerprint density at radius 2 is 1.72 bits per heavy atom. The third kappa shape index (κ3) is 8.04. The fraction of sp³-hybridized carbons (Fsp3) is 0.702. The van der Waals surface area contributed by atoms with E-state index in [0.717, 1.165) is 6.42 Å². The quantitative estimate of drug-likeness (QED) is 0.116. The number of benzene rings is 1. The third-order valence-electron chi connectivity index (χ3n) is 13.9. The third-order valence-corrected chi connectivity index (χ3v) is 13.9. The van der Waals surface area contributed by atoms with Crippen LogP contribution in [-0.4, -0.2) is 93.9 Å². The average molecular weight is 840 g/mol. The molecule has 3 saturated carbocycles. The van der Waals surface area contributed by atoms with Crippen molar-refractivity contribution in [2.24, 2.45) is 34.5 Å². The Kier molecular flexibility index (Phi) is 13.3. The van der Waals surface area contributed by atoms with Crippen LogP contribution in [0.5, 0.6) is 0 Å². The van der Waals surface area contributed by atoms with Crippen LogP contribution in [0.15, 0.2) is 54.1 Å². The Morgan fingerprint density at radius 1 is 1.07 bits per heavy atom. The molecule has 1 aliphatic heterocycles. The number of aliphatic hydroxyl groups excluding tert-OH is 1. The SMILES string of the molecule is C.C=C[C@H]1O[C@H]2C[C@H]3CC[C@@]3(OC(C)=O)[C@H]3[C@H](OC(=O)c4ccccc4)[C@]4(C(C)(C)O)C[C@H](OC(=O)[C@H](O)[C@H](CC(C)C)NC(=O)OC(C)(C)C)C(C)=C4[C@H](C)[C@H](O1)[C@]23C. The summed E-state index contributed by atoms with van der Waals surface area (Å²) < 4.78 is 38.6. The van der Waals surface area contributed by atoms with Gasteiger partial charge in [0.1, 0.15) is 23.4 Å². The van der Waals surface area contributed by atoms with Crippen LogP contribution in [0.3, 0.4) is 0 Å². The Labute approximate surface area is 355 Å². The maximum absolute atomic E-state index is 14.5. The van der Waals surface area contributed by atoms with Gasteiger partial charge in [-0.05, 0) is 102 Å². The lowest BCUT2D eigenvalue weighted by Crippen LogP contribution is -2.75. The van der Waals surface area contributed by atoms with Gasteiger partial charge in [-0.1, -0.05) is 59.9 Å². The second-order valence-corrected chi connectivity index (χ2v) is 19.7. The second-order valence-electron chi connectivity index (χ2n) is 19.7. The minimum atomic E-state index is -1.77. The van der Waals surface area contributed by atoms with Crippen LogP contribution in [-0.2, 0) is 38.0 Å². The zero-order valence-corrected chi connectivity index (χ0v) is 36.5. The summed E-state index contributed by atoms with van der Waals surface area (Å²) in [6.07, 6.45) is -2.98. The number of hydrogen-bond acceptors (Lipinski definition) is 12. The summed E-state index contributed by atoms with van der Waals surface area (Å²) >= 11 is 0. The first-order valence-corrected chi connectivity index (χ1v) is 21.1. The van der Waals surface area contributed by atoms with Crippen LogP contribution >= 0.6 is 0 Å². The van der Waals surface area contributed by atoms with Crippen LogP contribution < -0.4 is 5.32 Å². The highest BCUT2D eigenvalue weighted by molar-refractivity contribution is 5.89. The van der Waals surface area contributed by atoms with E-state index in [2.05, 4.69) is 18.8 Å². The van der Waals surface area contributed by atoms with E-state index >= 15 is 0 Å². The summed E-state index contributed by atoms with van der Waals surface area (Å²) in [7, 11) is 0. The molecule has 3 N–H and O–H groups in total. The van der Waals surface area contributed by atoms with Crippen molar-refractivity contribution in [2.75, 3.05) is 0 Å². The standard InChI is InChI=1S/C46H65NO12.CH4/c1-13-33-55-32-22-29-19-20-46(29,58-27(6)48)36-38(57-39(50)28-17-15-14-16-18-28)45(43(10,11)53)23-31(25(4)34(45)26(5)37(56-33)44(32,36)12)54-40(51)35(49)30(21-24(2)3)47-41(52)59-42(7,8)9;/h13-18,24,26,29-33,35-38,49,53H,1,19-23H2,2-12H3,(H,47,52);1H4/t26-,29+,30-,31-,32-,33-,35+,36-,37-,38-,44+,45-,46-;/m0./s1. The molecular weight excluding hydrogens is 771 g/mol. The van der Waals surface area contributed by atoms with Gasteiger partial charge < -0.3 is 44.0 Å². The molecule has 4 fully saturated rings. The maximum Gasteiger partial charge on any atom is 0.407 e. The fourth-order valence-corrected chi connectivity index (χ4v) is 11.6. The molecule has 1 heterocycles. The minimum absolute atomic E-state index is 0. The van der Waals surface area contributed by atoms with Gasteiger partial charge in [-0.25, -0.2) is 14.4 Å². The van der Waals surface area contributed by atoms with Crippen molar-refractivity contribution in [3.05, 3.63) is 59.7 Å². The molecule has 0 bridgehead atoms. The molecule has 4 aliphatic carbocycles. The normalized spacial score (nSPS) is 35.4. The van der Waals surface area contributed by atoms with Gasteiger partial charge >= 0.3 is 24.0 Å². The number of esters is 3. The van der Waals surface area contributed by atoms with Crippen molar-refractivity contribution in [2.45, 2.75) is 175 Å². The van der Waals surface area contributed by atoms with E-state index in [-0.39, 0.29) is 32.1 Å². The molecule has 5 aliphatic rings. The van der Waals surface area contributed by atoms with Crippen LogP contribution in [0.4, 0.5) is 4.79 Å². The van der Waals surface area contributed by atoms with E-state index in [1.807, 2.05) is 27.7 Å². The topological polar surface area (TPSA) is 176 Å². The van der Waals surface area contributed by atoms with Crippen LogP contribution in [0.1, 0.15) is 126 Å². The van der Waals surface area contributed by atoms with E-state index in [4.69, 9.17) is 28.4 Å². The molecule has 1 aromatic carbocycles. The molecule has 334 valence electrons. The largest absolute Gasteiger partial charge is 0.458 e. The van der Waals surface area contributed by atoms with Gasteiger partial charge in [0, 0.05) is 36.5 Å². The number of carbonyl (C=O) groups is 4. The number of alkyl carbamates (subject to hydrolysis) is 1. The number of nitrogens with one attached hydrogen (secondary N) is 1. The monoisotopic (exact) mass is 839 g/mol. The van der Waals surface area contributed by atoms with E-state index in [1.165, 1.54) is 6.92 Å². The molecule has 60 heavy (non-hydrogen) atoms. The lowest BCUT2D eigenvalue weighted by molar-refractivity contribution is -0.361. The minimum Gasteiger partial charge on any atom is -0.458 e. The van der Waals surface area contributed by atoms with Gasteiger partial charge in [-0.3, -0.25) is 4.79 Å². The predicted octanol–water partition coefficient (Wildman–Crippen LogP) is 7.22. The average Bonchev–Trinajstić information content (AvgIpc) is 3.39. The summed E-state index contributed by atoms with van der Waals surface area (Å²) in [6.45, 7) is 23.6. The number of aliphatic hydroxyl groups is 2. The second kappa shape index (κ2) is 16.8. The van der Waals surface area contributed by atoms with E-state index in [0.29, 0.717) is 29.6 Å². The molecule has 0 aromatic heterocycles. The zero-order valence-electron chi connectivity index (χ0n) is 36.5. The zero-order chi connectivity index (χ0) is 43.6. The molecule has 1 saturated heterocycles. The Bertz CT molecular complexity index is 1830. The molecule has 13 heteroatoms. The lowest BCUT2D eigenvalue weighted by atomic mass is 9.43. The van der Waals surface area contributed by atoms with Crippen molar-refractivity contribution in [1.82, 2.24) is 5.32 Å². The number of fused-ring (bicyclic) bond motifs is 3. The molecular formula is C47H69NO12. The first kappa shape index (κ1) is 47.3. The van der Waals surface area contributed by atoms with Gasteiger partial charge in [0.15, 0.2) is 12.4 Å². The summed E-state index contributed by atoms with van der Waals surface area (Å²) in [5.41, 5.74) is -4.41. The molecule has 13 nitrogen and oxygen atoms in total. The molecule has 1 aromatic rings. The van der Waals surface area contributed by atoms with Crippen molar-refractivity contribution in [3.8, 4) is 0 Å². The highest BCUT2D eigenvalue weighted by atomic mass is 16.7. The Hall–Kier alpha value is -3.78. The van der Waals surface area contributed by atoms with E-state index in [1.54, 1.807) is 71.0 Å². The van der Waals surface area contributed by atoms with E-state index < -0.39 is 106 Å². The summed E-state index contributed by atoms with van der Waals surface area (Å²) in [4.78, 5) is 54.7. The Morgan fingerprint density at radius 3 is 2.25 bits per heavy atom. The number of hydrogen-bond donors (Lipinski definition) is 3. The molecule has 0 spiro atoms. The summed E-state index contributed by atoms with van der Waals surface area (Å²) in [5, 5.41) is 27.1. The van der Waals surface area contributed by atoms with Crippen molar-refractivity contribution >= 4 is 24.0 Å². The fourth-order valence-electron chi connectivity index (χ4n) is 11.6. The number of amides is 1.